The lowest BCUT2D eigenvalue weighted by molar-refractivity contribution is 0.185. The zero-order valence-electron chi connectivity index (χ0n) is 10.3. The maximum Gasteiger partial charge on any atom is 0.191 e. The third-order valence-corrected chi connectivity index (χ3v) is 3.59. The minimum atomic E-state index is 0.648. The first kappa shape index (κ1) is 11.7. The summed E-state index contributed by atoms with van der Waals surface area (Å²) in [6.07, 6.45) is 6.69. The molecule has 1 aliphatic carbocycles. The van der Waals surface area contributed by atoms with Crippen molar-refractivity contribution in [2.24, 2.45) is 4.99 Å². The van der Waals surface area contributed by atoms with Crippen LogP contribution in [-0.2, 0) is 0 Å². The average molecular weight is 224 g/mol. The highest BCUT2D eigenvalue weighted by Crippen LogP contribution is 2.17. The lowest BCUT2D eigenvalue weighted by Gasteiger charge is -2.30. The number of nitrogens with one attached hydrogen (secondary N) is 2. The SMILES string of the molecule is CN=C(NCCN1CCC1)NC1CCCC1. The highest BCUT2D eigenvalue weighted by molar-refractivity contribution is 5.79. The Morgan fingerprint density at radius 2 is 2.00 bits per heavy atom. The predicted molar refractivity (Wildman–Crippen MR) is 67.8 cm³/mol. The molecule has 1 saturated carbocycles. The molecule has 4 nitrogen and oxygen atoms in total. The molecule has 16 heavy (non-hydrogen) atoms. The van der Waals surface area contributed by atoms with Gasteiger partial charge in [-0.15, -0.1) is 0 Å². The molecule has 1 heterocycles. The number of nitrogens with zero attached hydrogens (tertiary/aromatic N) is 2. The molecule has 0 aromatic carbocycles. The summed E-state index contributed by atoms with van der Waals surface area (Å²) < 4.78 is 0. The van der Waals surface area contributed by atoms with E-state index in [4.69, 9.17) is 0 Å². The Balaban J connectivity index is 1.60. The molecule has 0 atom stereocenters. The molecule has 0 spiro atoms. The van der Waals surface area contributed by atoms with E-state index in [1.807, 2.05) is 7.05 Å². The van der Waals surface area contributed by atoms with Crippen molar-refractivity contribution in [1.82, 2.24) is 15.5 Å². The van der Waals surface area contributed by atoms with E-state index in [1.165, 1.54) is 45.2 Å². The fraction of sp³-hybridized carbons (Fsp3) is 0.917. The Morgan fingerprint density at radius 3 is 2.56 bits per heavy atom. The molecule has 0 unspecified atom stereocenters. The average Bonchev–Trinajstić information content (AvgIpc) is 2.72. The van der Waals surface area contributed by atoms with Crippen molar-refractivity contribution >= 4 is 5.96 Å². The van der Waals surface area contributed by atoms with Gasteiger partial charge in [-0.1, -0.05) is 12.8 Å². The van der Waals surface area contributed by atoms with E-state index in [2.05, 4.69) is 20.5 Å². The van der Waals surface area contributed by atoms with Gasteiger partial charge in [-0.2, -0.15) is 0 Å². The smallest absolute Gasteiger partial charge is 0.191 e. The fourth-order valence-electron chi connectivity index (χ4n) is 2.40. The highest BCUT2D eigenvalue weighted by Gasteiger charge is 2.16. The molecule has 0 amide bonds. The van der Waals surface area contributed by atoms with E-state index in [0.29, 0.717) is 6.04 Å². The number of rotatable bonds is 4. The van der Waals surface area contributed by atoms with E-state index in [0.717, 1.165) is 19.0 Å². The minimum Gasteiger partial charge on any atom is -0.355 e. The minimum absolute atomic E-state index is 0.648. The largest absolute Gasteiger partial charge is 0.355 e. The Morgan fingerprint density at radius 1 is 1.25 bits per heavy atom. The van der Waals surface area contributed by atoms with Gasteiger partial charge < -0.3 is 15.5 Å². The van der Waals surface area contributed by atoms with Crippen molar-refractivity contribution in [1.29, 1.82) is 0 Å². The summed E-state index contributed by atoms with van der Waals surface area (Å²) in [5.74, 6) is 0.979. The van der Waals surface area contributed by atoms with Crippen molar-refractivity contribution in [2.45, 2.75) is 38.1 Å². The molecule has 0 bridgehead atoms. The summed E-state index contributed by atoms with van der Waals surface area (Å²) in [4.78, 5) is 6.74. The van der Waals surface area contributed by atoms with Gasteiger partial charge in [0.1, 0.15) is 0 Å². The number of likely N-dealkylation sites (tertiary alicyclic amines) is 1. The Kier molecular flexibility index (Phi) is 4.45. The molecule has 4 heteroatoms. The standard InChI is InChI=1S/C12H24N4/c1-13-12(15-11-5-2-3-6-11)14-7-10-16-8-4-9-16/h11H,2-10H2,1H3,(H2,13,14,15). The van der Waals surface area contributed by atoms with Crippen LogP contribution in [0.2, 0.25) is 0 Å². The third-order valence-electron chi connectivity index (χ3n) is 3.59. The maximum atomic E-state index is 4.27. The first-order valence-electron chi connectivity index (χ1n) is 6.58. The molecule has 2 N–H and O–H groups in total. The molecule has 2 aliphatic rings. The number of hydrogen-bond donors (Lipinski definition) is 2. The lowest BCUT2D eigenvalue weighted by atomic mass is 10.2. The molecule has 0 radical (unpaired) electrons. The zero-order chi connectivity index (χ0) is 11.2. The predicted octanol–water partition coefficient (Wildman–Crippen LogP) is 0.800. The Hall–Kier alpha value is -0.770. The van der Waals surface area contributed by atoms with E-state index >= 15 is 0 Å². The molecule has 1 saturated heterocycles. The lowest BCUT2D eigenvalue weighted by Crippen LogP contribution is -2.47. The normalized spacial score (nSPS) is 23.2. The monoisotopic (exact) mass is 224 g/mol. The third kappa shape index (κ3) is 3.37. The number of hydrogen-bond acceptors (Lipinski definition) is 2. The second-order valence-corrected chi connectivity index (χ2v) is 4.82. The van der Waals surface area contributed by atoms with Crippen LogP contribution in [0.5, 0.6) is 0 Å². The summed E-state index contributed by atoms with van der Waals surface area (Å²) in [6.45, 7) is 4.70. The van der Waals surface area contributed by atoms with Crippen LogP contribution in [0, 0.1) is 0 Å². The van der Waals surface area contributed by atoms with E-state index in [9.17, 15) is 0 Å². The highest BCUT2D eigenvalue weighted by atomic mass is 15.2. The second kappa shape index (κ2) is 6.09. The first-order chi connectivity index (χ1) is 7.88. The summed E-state index contributed by atoms with van der Waals surface area (Å²) >= 11 is 0. The van der Waals surface area contributed by atoms with Crippen LogP contribution in [0.25, 0.3) is 0 Å². The number of aliphatic imine (C=N–C) groups is 1. The van der Waals surface area contributed by atoms with Crippen LogP contribution in [0.1, 0.15) is 32.1 Å². The van der Waals surface area contributed by atoms with Crippen LogP contribution in [0.15, 0.2) is 4.99 Å². The van der Waals surface area contributed by atoms with Gasteiger partial charge in [-0.3, -0.25) is 4.99 Å². The first-order valence-corrected chi connectivity index (χ1v) is 6.58. The van der Waals surface area contributed by atoms with Crippen LogP contribution < -0.4 is 10.6 Å². The fourth-order valence-corrected chi connectivity index (χ4v) is 2.40. The molecular formula is C12H24N4. The topological polar surface area (TPSA) is 39.7 Å². The summed E-state index contributed by atoms with van der Waals surface area (Å²) in [7, 11) is 1.86. The van der Waals surface area contributed by atoms with Gasteiger partial charge in [-0.25, -0.2) is 0 Å². The summed E-state index contributed by atoms with van der Waals surface area (Å²) in [6, 6.07) is 0.648. The number of guanidine groups is 1. The van der Waals surface area contributed by atoms with Crippen molar-refractivity contribution in [3.8, 4) is 0 Å². The van der Waals surface area contributed by atoms with Crippen molar-refractivity contribution in [3.05, 3.63) is 0 Å². The van der Waals surface area contributed by atoms with Crippen LogP contribution in [0.3, 0.4) is 0 Å². The summed E-state index contributed by atoms with van der Waals surface area (Å²) in [5, 5.41) is 6.89. The quantitative estimate of drug-likeness (QED) is 0.548. The van der Waals surface area contributed by atoms with E-state index in [1.54, 1.807) is 0 Å². The van der Waals surface area contributed by atoms with Gasteiger partial charge in [0.25, 0.3) is 0 Å². The molecular weight excluding hydrogens is 200 g/mol. The van der Waals surface area contributed by atoms with Crippen molar-refractivity contribution < 1.29 is 0 Å². The van der Waals surface area contributed by atoms with E-state index < -0.39 is 0 Å². The molecule has 2 fully saturated rings. The molecule has 0 aromatic heterocycles. The molecule has 92 valence electrons. The molecule has 1 aliphatic heterocycles. The van der Waals surface area contributed by atoms with Gasteiger partial charge in [-0.05, 0) is 32.4 Å². The van der Waals surface area contributed by atoms with Gasteiger partial charge in [0.2, 0.25) is 0 Å². The van der Waals surface area contributed by atoms with Crippen LogP contribution in [-0.4, -0.2) is 50.1 Å². The molecule has 0 aromatic rings. The molecule has 2 rings (SSSR count). The van der Waals surface area contributed by atoms with Gasteiger partial charge in [0.15, 0.2) is 5.96 Å². The van der Waals surface area contributed by atoms with Crippen LogP contribution in [0.4, 0.5) is 0 Å². The van der Waals surface area contributed by atoms with Gasteiger partial charge >= 0.3 is 0 Å². The van der Waals surface area contributed by atoms with Crippen LogP contribution >= 0.6 is 0 Å². The van der Waals surface area contributed by atoms with E-state index in [-0.39, 0.29) is 0 Å². The van der Waals surface area contributed by atoms with Gasteiger partial charge in [0, 0.05) is 26.2 Å². The maximum absolute atomic E-state index is 4.27. The Bertz CT molecular complexity index is 229. The Labute approximate surface area is 98.5 Å². The second-order valence-electron chi connectivity index (χ2n) is 4.82. The van der Waals surface area contributed by atoms with Gasteiger partial charge in [0.05, 0.1) is 0 Å². The van der Waals surface area contributed by atoms with Crippen molar-refractivity contribution in [3.63, 3.8) is 0 Å². The summed E-state index contributed by atoms with van der Waals surface area (Å²) in [5.41, 5.74) is 0. The zero-order valence-corrected chi connectivity index (χ0v) is 10.3. The van der Waals surface area contributed by atoms with Crippen molar-refractivity contribution in [2.75, 3.05) is 33.2 Å².